The highest BCUT2D eigenvalue weighted by molar-refractivity contribution is 14.1. The van der Waals surface area contributed by atoms with Crippen LogP contribution in [0.25, 0.3) is 11.5 Å². The fourth-order valence-electron chi connectivity index (χ4n) is 1.33. The van der Waals surface area contributed by atoms with E-state index in [1.165, 1.54) is 0 Å². The zero-order chi connectivity index (χ0) is 13.1. The number of esters is 1. The maximum Gasteiger partial charge on any atom is 0.379 e. The van der Waals surface area contributed by atoms with Gasteiger partial charge in [0.1, 0.15) is 0 Å². The molecule has 0 saturated carbocycles. The molecule has 0 atom stereocenters. The predicted molar refractivity (Wildman–Crippen MR) is 72.8 cm³/mol. The molecule has 0 radical (unpaired) electrons. The number of hydrogen-bond donors (Lipinski definition) is 1. The van der Waals surface area contributed by atoms with Crippen molar-refractivity contribution in [2.24, 2.45) is 0 Å². The number of nitrogen functional groups attached to an aromatic ring is 1. The minimum atomic E-state index is -0.614. The van der Waals surface area contributed by atoms with Crippen LogP contribution in [0, 0.1) is 3.57 Å². The van der Waals surface area contributed by atoms with E-state index in [-0.39, 0.29) is 18.3 Å². The first kappa shape index (κ1) is 12.8. The first-order valence-electron chi connectivity index (χ1n) is 5.18. The van der Waals surface area contributed by atoms with Gasteiger partial charge in [0.2, 0.25) is 0 Å². The Kier molecular flexibility index (Phi) is 3.80. The van der Waals surface area contributed by atoms with E-state index in [4.69, 9.17) is 15.0 Å². The summed E-state index contributed by atoms with van der Waals surface area (Å²) in [5.41, 5.74) is 6.93. The second-order valence-corrected chi connectivity index (χ2v) is 4.62. The van der Waals surface area contributed by atoms with Crippen LogP contribution < -0.4 is 5.73 Å². The summed E-state index contributed by atoms with van der Waals surface area (Å²) >= 11 is 2.15. The highest BCUT2D eigenvalue weighted by Gasteiger charge is 2.18. The highest BCUT2D eigenvalue weighted by Crippen LogP contribution is 2.26. The van der Waals surface area contributed by atoms with Crippen molar-refractivity contribution >= 4 is 34.2 Å². The lowest BCUT2D eigenvalue weighted by Gasteiger charge is -2.00. The molecular weight excluding hydrogens is 349 g/mol. The van der Waals surface area contributed by atoms with Gasteiger partial charge in [-0.05, 0) is 52.9 Å². The van der Waals surface area contributed by atoms with Gasteiger partial charge in [-0.2, -0.15) is 4.98 Å². The third-order valence-electron chi connectivity index (χ3n) is 2.13. The van der Waals surface area contributed by atoms with Crippen LogP contribution in [0.1, 0.15) is 17.5 Å². The van der Waals surface area contributed by atoms with E-state index in [0.717, 1.165) is 3.57 Å². The summed E-state index contributed by atoms with van der Waals surface area (Å²) in [6, 6.07) is 5.41. The Labute approximate surface area is 117 Å². The largest absolute Gasteiger partial charge is 0.460 e. The van der Waals surface area contributed by atoms with Crippen LogP contribution in [0.4, 0.5) is 5.69 Å². The van der Waals surface area contributed by atoms with Gasteiger partial charge in [-0.1, -0.05) is 0 Å². The Morgan fingerprint density at radius 3 is 3.06 bits per heavy atom. The Balaban J connectivity index is 2.35. The number of anilines is 1. The number of halogens is 1. The molecule has 7 heteroatoms. The molecule has 0 spiro atoms. The molecule has 2 rings (SSSR count). The number of ether oxygens (including phenoxy) is 1. The lowest BCUT2D eigenvalue weighted by Crippen LogP contribution is -2.06. The van der Waals surface area contributed by atoms with Gasteiger partial charge < -0.3 is 15.0 Å². The number of carbonyl (C=O) groups is 1. The number of nitrogens with two attached hydrogens (primary N) is 1. The predicted octanol–water partition coefficient (Wildman–Crippen LogP) is 2.10. The van der Waals surface area contributed by atoms with E-state index in [1.54, 1.807) is 19.1 Å². The van der Waals surface area contributed by atoms with Crippen molar-refractivity contribution < 1.29 is 14.1 Å². The van der Waals surface area contributed by atoms with Crippen molar-refractivity contribution in [1.82, 2.24) is 10.1 Å². The number of hydrogen-bond acceptors (Lipinski definition) is 6. The first-order chi connectivity index (χ1) is 8.61. The van der Waals surface area contributed by atoms with Crippen LogP contribution in [-0.2, 0) is 4.74 Å². The molecule has 0 bridgehead atoms. The lowest BCUT2D eigenvalue weighted by atomic mass is 10.2. The molecule has 2 N–H and O–H groups in total. The average molecular weight is 359 g/mol. The maximum absolute atomic E-state index is 11.4. The maximum atomic E-state index is 11.4. The average Bonchev–Trinajstić information content (AvgIpc) is 2.82. The summed E-state index contributed by atoms with van der Waals surface area (Å²) in [4.78, 5) is 15.4. The smallest absolute Gasteiger partial charge is 0.379 e. The summed E-state index contributed by atoms with van der Waals surface area (Å²) in [5, 5.41) is 3.56. The molecule has 2 aromatic rings. The van der Waals surface area contributed by atoms with Gasteiger partial charge in [-0.15, -0.1) is 0 Å². The molecule has 1 aromatic carbocycles. The van der Waals surface area contributed by atoms with Gasteiger partial charge in [0.25, 0.3) is 11.7 Å². The van der Waals surface area contributed by atoms with Gasteiger partial charge >= 0.3 is 5.97 Å². The first-order valence-corrected chi connectivity index (χ1v) is 6.26. The zero-order valence-electron chi connectivity index (χ0n) is 9.51. The number of aromatic nitrogens is 2. The van der Waals surface area contributed by atoms with Gasteiger partial charge in [0.05, 0.1) is 12.2 Å². The number of rotatable bonds is 3. The second kappa shape index (κ2) is 5.34. The van der Waals surface area contributed by atoms with E-state index in [2.05, 4.69) is 32.7 Å². The molecule has 0 aliphatic rings. The van der Waals surface area contributed by atoms with Crippen LogP contribution in [0.15, 0.2) is 22.7 Å². The topological polar surface area (TPSA) is 91.2 Å². The number of carbonyl (C=O) groups excluding carboxylic acids is 1. The van der Waals surface area contributed by atoms with E-state index in [0.29, 0.717) is 11.3 Å². The SMILES string of the molecule is CCOC(=O)c1noc(-c2cc(I)ccc2N)n1. The third kappa shape index (κ3) is 2.61. The third-order valence-corrected chi connectivity index (χ3v) is 2.80. The Bertz CT molecular complexity index is 583. The molecule has 0 fully saturated rings. The highest BCUT2D eigenvalue weighted by atomic mass is 127. The van der Waals surface area contributed by atoms with Crippen molar-refractivity contribution in [2.45, 2.75) is 6.92 Å². The minimum absolute atomic E-state index is 0.106. The molecule has 94 valence electrons. The molecule has 6 nitrogen and oxygen atoms in total. The van der Waals surface area contributed by atoms with Crippen LogP contribution in [0.5, 0.6) is 0 Å². The van der Waals surface area contributed by atoms with Crippen LogP contribution in [0.2, 0.25) is 0 Å². The Morgan fingerprint density at radius 2 is 2.33 bits per heavy atom. The Hall–Kier alpha value is -1.64. The minimum Gasteiger partial charge on any atom is -0.460 e. The van der Waals surface area contributed by atoms with Crippen LogP contribution >= 0.6 is 22.6 Å². The molecule has 0 unspecified atom stereocenters. The molecule has 18 heavy (non-hydrogen) atoms. The van der Waals surface area contributed by atoms with Crippen LogP contribution in [0.3, 0.4) is 0 Å². The quantitative estimate of drug-likeness (QED) is 0.513. The Morgan fingerprint density at radius 1 is 1.56 bits per heavy atom. The molecule has 0 aliphatic heterocycles. The van der Waals surface area contributed by atoms with Gasteiger partial charge in [-0.25, -0.2) is 4.79 Å². The molecule has 0 amide bonds. The van der Waals surface area contributed by atoms with Gasteiger partial charge in [0, 0.05) is 9.26 Å². The van der Waals surface area contributed by atoms with Crippen LogP contribution in [-0.4, -0.2) is 22.7 Å². The van der Waals surface area contributed by atoms with E-state index in [1.807, 2.05) is 6.07 Å². The van der Waals surface area contributed by atoms with E-state index >= 15 is 0 Å². The molecule has 0 aliphatic carbocycles. The summed E-state index contributed by atoms with van der Waals surface area (Å²) < 4.78 is 10.8. The molecular formula is C11H10IN3O3. The molecule has 1 aromatic heterocycles. The van der Waals surface area contributed by atoms with Crippen molar-refractivity contribution in [3.05, 3.63) is 27.6 Å². The fraction of sp³-hybridized carbons (Fsp3) is 0.182. The normalized spacial score (nSPS) is 10.3. The van der Waals surface area contributed by atoms with Gasteiger partial charge in [0.15, 0.2) is 0 Å². The second-order valence-electron chi connectivity index (χ2n) is 3.38. The summed E-state index contributed by atoms with van der Waals surface area (Å²) in [6.45, 7) is 1.96. The monoisotopic (exact) mass is 359 g/mol. The molecule has 0 saturated heterocycles. The summed E-state index contributed by atoms with van der Waals surface area (Å²) in [6.07, 6.45) is 0. The van der Waals surface area contributed by atoms with Crippen molar-refractivity contribution in [3.63, 3.8) is 0 Å². The summed E-state index contributed by atoms with van der Waals surface area (Å²) in [7, 11) is 0. The summed E-state index contributed by atoms with van der Waals surface area (Å²) in [5.74, 6) is -0.518. The van der Waals surface area contributed by atoms with E-state index < -0.39 is 5.97 Å². The zero-order valence-corrected chi connectivity index (χ0v) is 11.7. The number of nitrogens with zero attached hydrogens (tertiary/aromatic N) is 2. The standard InChI is InChI=1S/C11H10IN3O3/c1-2-17-11(16)9-14-10(18-15-9)7-5-6(12)3-4-8(7)13/h3-5H,2,13H2,1H3. The van der Waals surface area contributed by atoms with Crippen molar-refractivity contribution in [3.8, 4) is 11.5 Å². The van der Waals surface area contributed by atoms with Gasteiger partial charge in [-0.3, -0.25) is 0 Å². The van der Waals surface area contributed by atoms with E-state index in [9.17, 15) is 4.79 Å². The molecule has 1 heterocycles. The number of benzene rings is 1. The van der Waals surface area contributed by atoms with Crippen molar-refractivity contribution in [1.29, 1.82) is 0 Å². The fourth-order valence-corrected chi connectivity index (χ4v) is 1.82. The lowest BCUT2D eigenvalue weighted by molar-refractivity contribution is 0.0508. The van der Waals surface area contributed by atoms with Crippen molar-refractivity contribution in [2.75, 3.05) is 12.3 Å².